The van der Waals surface area contributed by atoms with Gasteiger partial charge in [-0.25, -0.2) is 17.5 Å². The predicted molar refractivity (Wildman–Crippen MR) is 112 cm³/mol. The first-order valence-corrected chi connectivity index (χ1v) is 10.3. The van der Waals surface area contributed by atoms with E-state index in [4.69, 9.17) is 4.74 Å². The SMILES string of the molecule is Cc1ccc(C=CC(=O)OCC(=O)Nc2ccc(C)c(S(=O)(=O)N(C)C)c2)cc1. The van der Waals surface area contributed by atoms with Crippen LogP contribution in [0.25, 0.3) is 6.08 Å². The molecule has 0 radical (unpaired) electrons. The lowest BCUT2D eigenvalue weighted by molar-refractivity contribution is -0.142. The molecule has 0 aromatic heterocycles. The highest BCUT2D eigenvalue weighted by Gasteiger charge is 2.20. The molecule has 0 atom stereocenters. The van der Waals surface area contributed by atoms with Crippen molar-refractivity contribution < 1.29 is 22.7 Å². The molecule has 2 rings (SSSR count). The average molecular weight is 416 g/mol. The van der Waals surface area contributed by atoms with E-state index in [1.807, 2.05) is 31.2 Å². The number of amides is 1. The maximum atomic E-state index is 12.3. The van der Waals surface area contributed by atoms with Gasteiger partial charge in [0.15, 0.2) is 6.61 Å². The zero-order valence-corrected chi connectivity index (χ0v) is 17.6. The first-order chi connectivity index (χ1) is 13.6. The molecule has 1 amide bonds. The van der Waals surface area contributed by atoms with Crippen LogP contribution in [0.2, 0.25) is 0 Å². The van der Waals surface area contributed by atoms with Gasteiger partial charge in [-0.15, -0.1) is 0 Å². The van der Waals surface area contributed by atoms with Gasteiger partial charge in [0.1, 0.15) is 0 Å². The number of anilines is 1. The van der Waals surface area contributed by atoms with E-state index in [0.29, 0.717) is 11.3 Å². The Labute approximate surface area is 171 Å². The van der Waals surface area contributed by atoms with Gasteiger partial charge in [-0.1, -0.05) is 35.9 Å². The normalized spacial score (nSPS) is 11.6. The molecule has 0 aliphatic rings. The number of sulfonamides is 1. The topological polar surface area (TPSA) is 92.8 Å². The summed E-state index contributed by atoms with van der Waals surface area (Å²) >= 11 is 0. The smallest absolute Gasteiger partial charge is 0.331 e. The summed E-state index contributed by atoms with van der Waals surface area (Å²) in [5.74, 6) is -1.22. The molecule has 0 saturated carbocycles. The van der Waals surface area contributed by atoms with Crippen LogP contribution in [0.4, 0.5) is 5.69 Å². The van der Waals surface area contributed by atoms with E-state index in [1.165, 1.54) is 26.2 Å². The van der Waals surface area contributed by atoms with Crippen molar-refractivity contribution in [2.24, 2.45) is 0 Å². The minimum atomic E-state index is -3.64. The van der Waals surface area contributed by atoms with Crippen LogP contribution in [0.3, 0.4) is 0 Å². The number of nitrogens with one attached hydrogen (secondary N) is 1. The largest absolute Gasteiger partial charge is 0.452 e. The number of ether oxygens (including phenoxy) is 1. The Hall–Kier alpha value is -2.97. The van der Waals surface area contributed by atoms with Crippen LogP contribution in [0.5, 0.6) is 0 Å². The third-order valence-electron chi connectivity index (χ3n) is 4.07. The zero-order chi connectivity index (χ0) is 21.6. The molecule has 0 aliphatic carbocycles. The summed E-state index contributed by atoms with van der Waals surface area (Å²) in [5, 5.41) is 2.53. The van der Waals surface area contributed by atoms with Gasteiger partial charge in [0.05, 0.1) is 4.90 Å². The van der Waals surface area contributed by atoms with Gasteiger partial charge in [-0.3, -0.25) is 4.79 Å². The number of carbonyl (C=O) groups excluding carboxylic acids is 2. The second-order valence-corrected chi connectivity index (χ2v) is 8.79. The van der Waals surface area contributed by atoms with Crippen LogP contribution in [-0.4, -0.2) is 45.3 Å². The summed E-state index contributed by atoms with van der Waals surface area (Å²) in [7, 11) is -0.772. The summed E-state index contributed by atoms with van der Waals surface area (Å²) in [6.07, 6.45) is 2.84. The maximum Gasteiger partial charge on any atom is 0.331 e. The van der Waals surface area contributed by atoms with E-state index < -0.39 is 28.5 Å². The number of benzene rings is 2. The lowest BCUT2D eigenvalue weighted by Crippen LogP contribution is -2.24. The van der Waals surface area contributed by atoms with Crippen molar-refractivity contribution in [3.8, 4) is 0 Å². The highest BCUT2D eigenvalue weighted by Crippen LogP contribution is 2.22. The third kappa shape index (κ3) is 6.27. The van der Waals surface area contributed by atoms with Crippen molar-refractivity contribution in [1.29, 1.82) is 0 Å². The lowest BCUT2D eigenvalue weighted by atomic mass is 10.1. The maximum absolute atomic E-state index is 12.3. The van der Waals surface area contributed by atoms with E-state index in [9.17, 15) is 18.0 Å². The Kier molecular flexibility index (Phi) is 7.30. The molecule has 29 heavy (non-hydrogen) atoms. The molecular weight excluding hydrogens is 392 g/mol. The van der Waals surface area contributed by atoms with Gasteiger partial charge < -0.3 is 10.1 Å². The van der Waals surface area contributed by atoms with E-state index in [2.05, 4.69) is 5.32 Å². The third-order valence-corrected chi connectivity index (χ3v) is 6.02. The Morgan fingerprint density at radius 3 is 2.34 bits per heavy atom. The quantitative estimate of drug-likeness (QED) is 0.553. The number of rotatable bonds is 7. The fourth-order valence-electron chi connectivity index (χ4n) is 2.38. The van der Waals surface area contributed by atoms with Crippen molar-refractivity contribution in [3.63, 3.8) is 0 Å². The molecule has 2 aromatic carbocycles. The Bertz CT molecular complexity index is 1030. The van der Waals surface area contributed by atoms with Crippen molar-refractivity contribution in [3.05, 3.63) is 65.2 Å². The van der Waals surface area contributed by atoms with E-state index in [-0.39, 0.29) is 4.90 Å². The second kappa shape index (κ2) is 9.49. The standard InChI is InChI=1S/C21H24N2O5S/c1-15-5-8-17(9-6-15)10-12-21(25)28-14-20(24)22-18-11-7-16(2)19(13-18)29(26,27)23(3)4/h5-13H,14H2,1-4H3,(H,22,24). The number of esters is 1. The number of nitrogens with zero attached hydrogens (tertiary/aromatic N) is 1. The van der Waals surface area contributed by atoms with Crippen molar-refractivity contribution >= 4 is 33.7 Å². The molecule has 154 valence electrons. The molecule has 0 saturated heterocycles. The molecule has 0 spiro atoms. The molecule has 8 heteroatoms. The summed E-state index contributed by atoms with van der Waals surface area (Å²) < 4.78 is 30.7. The van der Waals surface area contributed by atoms with Gasteiger partial charge in [0, 0.05) is 25.9 Å². The van der Waals surface area contributed by atoms with Crippen LogP contribution in [0.15, 0.2) is 53.4 Å². The predicted octanol–water partition coefficient (Wildman–Crippen LogP) is 2.75. The zero-order valence-electron chi connectivity index (χ0n) is 16.8. The van der Waals surface area contributed by atoms with Gasteiger partial charge in [-0.05, 0) is 43.2 Å². The molecule has 2 aromatic rings. The van der Waals surface area contributed by atoms with Crippen molar-refractivity contribution in [2.75, 3.05) is 26.0 Å². The monoisotopic (exact) mass is 416 g/mol. The van der Waals surface area contributed by atoms with Crippen molar-refractivity contribution in [1.82, 2.24) is 4.31 Å². The minimum absolute atomic E-state index is 0.0957. The highest BCUT2D eigenvalue weighted by molar-refractivity contribution is 7.89. The highest BCUT2D eigenvalue weighted by atomic mass is 32.2. The molecule has 0 fully saturated rings. The summed E-state index contributed by atoms with van der Waals surface area (Å²) in [4.78, 5) is 23.9. The van der Waals surface area contributed by atoms with Crippen LogP contribution < -0.4 is 5.32 Å². The first kappa shape index (κ1) is 22.3. The van der Waals surface area contributed by atoms with E-state index in [1.54, 1.807) is 25.1 Å². The molecule has 1 N–H and O–H groups in total. The molecule has 0 bridgehead atoms. The summed E-state index contributed by atoms with van der Waals surface area (Å²) in [5.41, 5.74) is 2.81. The van der Waals surface area contributed by atoms with Crippen LogP contribution in [0.1, 0.15) is 16.7 Å². The minimum Gasteiger partial charge on any atom is -0.452 e. The molecule has 0 unspecified atom stereocenters. The van der Waals surface area contributed by atoms with E-state index >= 15 is 0 Å². The van der Waals surface area contributed by atoms with E-state index in [0.717, 1.165) is 15.4 Å². The fourth-order valence-corrected chi connectivity index (χ4v) is 3.52. The van der Waals surface area contributed by atoms with Crippen LogP contribution in [-0.2, 0) is 24.3 Å². The van der Waals surface area contributed by atoms with Crippen LogP contribution >= 0.6 is 0 Å². The molecule has 0 aliphatic heterocycles. The van der Waals surface area contributed by atoms with Crippen LogP contribution in [0, 0.1) is 13.8 Å². The average Bonchev–Trinajstić information content (AvgIpc) is 2.67. The Morgan fingerprint density at radius 2 is 1.72 bits per heavy atom. The van der Waals surface area contributed by atoms with Gasteiger partial charge in [0.25, 0.3) is 5.91 Å². The number of hydrogen-bond donors (Lipinski definition) is 1. The number of aryl methyl sites for hydroxylation is 2. The summed E-state index contributed by atoms with van der Waals surface area (Å²) in [6, 6.07) is 12.1. The second-order valence-electron chi connectivity index (χ2n) is 6.67. The number of carbonyl (C=O) groups is 2. The van der Waals surface area contributed by atoms with Crippen molar-refractivity contribution in [2.45, 2.75) is 18.7 Å². The molecular formula is C21H24N2O5S. The van der Waals surface area contributed by atoms with Gasteiger partial charge in [-0.2, -0.15) is 0 Å². The fraction of sp³-hybridized carbons (Fsp3) is 0.238. The Balaban J connectivity index is 1.95. The first-order valence-electron chi connectivity index (χ1n) is 8.84. The molecule has 0 heterocycles. The summed E-state index contributed by atoms with van der Waals surface area (Å²) in [6.45, 7) is 3.15. The lowest BCUT2D eigenvalue weighted by Gasteiger charge is -2.15. The number of hydrogen-bond acceptors (Lipinski definition) is 5. The molecule has 7 nitrogen and oxygen atoms in total. The Morgan fingerprint density at radius 1 is 1.07 bits per heavy atom. The van der Waals surface area contributed by atoms with Gasteiger partial charge in [0.2, 0.25) is 10.0 Å². The van der Waals surface area contributed by atoms with Gasteiger partial charge >= 0.3 is 5.97 Å².